The van der Waals surface area contributed by atoms with E-state index in [0.29, 0.717) is 16.4 Å². The Morgan fingerprint density at radius 2 is 1.74 bits per heavy atom. The fraction of sp³-hybridized carbons (Fsp3) is 0.300. The molecule has 1 rings (SSSR count). The number of carbonyl (C=O) groups excluding carboxylic acids is 1. The molecule has 9 heteroatoms. The van der Waals surface area contributed by atoms with Gasteiger partial charge in [0.05, 0.1) is 17.0 Å². The van der Waals surface area contributed by atoms with E-state index in [1.165, 1.54) is 0 Å². The number of primary amides is 1. The Bertz CT molecular complexity index is 567. The summed E-state index contributed by atoms with van der Waals surface area (Å²) in [6, 6.07) is 2.97. The number of alkyl halides is 3. The van der Waals surface area contributed by atoms with E-state index in [1.807, 2.05) is 0 Å². The number of carbonyl (C=O) groups is 1. The van der Waals surface area contributed by atoms with Crippen LogP contribution in [0.3, 0.4) is 0 Å². The molecule has 0 unspecified atom stereocenters. The number of amides is 1. The van der Waals surface area contributed by atoms with Crippen molar-refractivity contribution in [2.45, 2.75) is 11.1 Å². The Hall–Kier alpha value is -1.61. The zero-order chi connectivity index (χ0) is 14.8. The van der Waals surface area contributed by atoms with Gasteiger partial charge in [-0.05, 0) is 24.3 Å². The second-order valence-corrected chi connectivity index (χ2v) is 5.79. The Morgan fingerprint density at radius 1 is 1.26 bits per heavy atom. The number of likely N-dealkylation sites (N-methyl/N-ethyl adjacent to an activating group) is 1. The van der Waals surface area contributed by atoms with E-state index in [9.17, 15) is 26.4 Å². The van der Waals surface area contributed by atoms with E-state index >= 15 is 0 Å². The van der Waals surface area contributed by atoms with Crippen LogP contribution in [0.25, 0.3) is 0 Å². The van der Waals surface area contributed by atoms with Crippen LogP contribution in [0, 0.1) is 0 Å². The topological polar surface area (TPSA) is 80.5 Å². The molecule has 0 spiro atoms. The van der Waals surface area contributed by atoms with Crippen LogP contribution in [0.2, 0.25) is 0 Å². The average molecular weight is 296 g/mol. The third kappa shape index (κ3) is 3.67. The zero-order valence-corrected chi connectivity index (χ0v) is 10.6. The number of rotatable bonds is 4. The highest BCUT2D eigenvalue weighted by atomic mass is 32.2. The van der Waals surface area contributed by atoms with Gasteiger partial charge in [-0.1, -0.05) is 0 Å². The maximum Gasteiger partial charge on any atom is 0.416 e. The van der Waals surface area contributed by atoms with Gasteiger partial charge in [-0.15, -0.1) is 0 Å². The maximum absolute atomic E-state index is 12.3. The molecule has 0 fully saturated rings. The molecule has 0 heterocycles. The molecule has 1 aromatic rings. The summed E-state index contributed by atoms with van der Waals surface area (Å²) in [5, 5.41) is 0. The summed E-state index contributed by atoms with van der Waals surface area (Å²) in [5.74, 6) is -0.863. The summed E-state index contributed by atoms with van der Waals surface area (Å²) >= 11 is 0. The van der Waals surface area contributed by atoms with Gasteiger partial charge in [0.15, 0.2) is 0 Å². The third-order valence-corrected chi connectivity index (χ3v) is 4.09. The minimum Gasteiger partial charge on any atom is -0.369 e. The molecule has 5 nitrogen and oxygen atoms in total. The summed E-state index contributed by atoms with van der Waals surface area (Å²) in [7, 11) is -2.92. The molecule has 0 aliphatic rings. The highest BCUT2D eigenvalue weighted by Crippen LogP contribution is 2.30. The van der Waals surface area contributed by atoms with Crippen molar-refractivity contribution in [3.63, 3.8) is 0 Å². The van der Waals surface area contributed by atoms with E-state index in [2.05, 4.69) is 0 Å². The lowest BCUT2D eigenvalue weighted by Gasteiger charge is -2.15. The van der Waals surface area contributed by atoms with Crippen molar-refractivity contribution >= 4 is 15.9 Å². The number of nitrogens with two attached hydrogens (primary N) is 1. The number of hydrogen-bond acceptors (Lipinski definition) is 3. The van der Waals surface area contributed by atoms with Crippen LogP contribution in [0.1, 0.15) is 5.56 Å². The Morgan fingerprint density at radius 3 is 2.11 bits per heavy atom. The van der Waals surface area contributed by atoms with Gasteiger partial charge in [-0.25, -0.2) is 8.42 Å². The lowest BCUT2D eigenvalue weighted by molar-refractivity contribution is -0.137. The summed E-state index contributed by atoms with van der Waals surface area (Å²) in [5.41, 5.74) is 3.90. The van der Waals surface area contributed by atoms with Gasteiger partial charge >= 0.3 is 6.18 Å². The molecule has 0 bridgehead atoms. The van der Waals surface area contributed by atoms with Crippen LogP contribution in [0.5, 0.6) is 0 Å². The lowest BCUT2D eigenvalue weighted by Crippen LogP contribution is -2.35. The molecule has 0 saturated carbocycles. The van der Waals surface area contributed by atoms with E-state index < -0.39 is 34.2 Å². The van der Waals surface area contributed by atoms with Gasteiger partial charge in [-0.2, -0.15) is 17.5 Å². The van der Waals surface area contributed by atoms with Crippen LogP contribution in [-0.4, -0.2) is 32.2 Å². The molecule has 1 aromatic carbocycles. The summed E-state index contributed by atoms with van der Waals surface area (Å²) < 4.78 is 61.4. The fourth-order valence-electron chi connectivity index (χ4n) is 1.30. The number of halogens is 3. The van der Waals surface area contributed by atoms with Gasteiger partial charge in [0.2, 0.25) is 15.9 Å². The molecule has 19 heavy (non-hydrogen) atoms. The first-order valence-corrected chi connectivity index (χ1v) is 6.41. The molecule has 0 saturated heterocycles. The first kappa shape index (κ1) is 15.4. The Kier molecular flexibility index (Phi) is 4.21. The predicted octanol–water partition coefficient (Wildman–Crippen LogP) is 0.811. The van der Waals surface area contributed by atoms with E-state index in [4.69, 9.17) is 5.73 Å². The molecule has 0 aliphatic heterocycles. The molecule has 2 N–H and O–H groups in total. The molecule has 1 amide bonds. The molecule has 0 aliphatic carbocycles. The van der Waals surface area contributed by atoms with Gasteiger partial charge in [0.25, 0.3) is 0 Å². The van der Waals surface area contributed by atoms with Crippen molar-refractivity contribution in [2.24, 2.45) is 5.73 Å². The Balaban J connectivity index is 3.07. The van der Waals surface area contributed by atoms with Crippen LogP contribution >= 0.6 is 0 Å². The highest BCUT2D eigenvalue weighted by molar-refractivity contribution is 7.89. The molecule has 0 atom stereocenters. The number of hydrogen-bond donors (Lipinski definition) is 1. The smallest absolute Gasteiger partial charge is 0.369 e. The van der Waals surface area contributed by atoms with Crippen molar-refractivity contribution in [1.29, 1.82) is 0 Å². The monoisotopic (exact) mass is 296 g/mol. The average Bonchev–Trinajstić information content (AvgIpc) is 2.27. The van der Waals surface area contributed by atoms with Gasteiger partial charge in [0, 0.05) is 7.05 Å². The van der Waals surface area contributed by atoms with Crippen molar-refractivity contribution in [3.05, 3.63) is 29.8 Å². The van der Waals surface area contributed by atoms with Crippen molar-refractivity contribution in [1.82, 2.24) is 4.31 Å². The molecule has 106 valence electrons. The minimum absolute atomic E-state index is 0.343. The molecular formula is C10H11F3N2O3S. The van der Waals surface area contributed by atoms with E-state index in [1.54, 1.807) is 0 Å². The fourth-order valence-corrected chi connectivity index (χ4v) is 2.44. The first-order valence-electron chi connectivity index (χ1n) is 4.97. The van der Waals surface area contributed by atoms with Crippen molar-refractivity contribution in [2.75, 3.05) is 13.6 Å². The number of nitrogens with zero attached hydrogens (tertiary/aromatic N) is 1. The van der Waals surface area contributed by atoms with E-state index in [-0.39, 0.29) is 4.90 Å². The number of benzene rings is 1. The van der Waals surface area contributed by atoms with Crippen LogP contribution in [-0.2, 0) is 21.0 Å². The molecule has 0 aromatic heterocycles. The normalized spacial score (nSPS) is 12.7. The summed E-state index contributed by atoms with van der Waals surface area (Å²) in [4.78, 5) is 10.3. The highest BCUT2D eigenvalue weighted by Gasteiger charge is 2.31. The van der Waals surface area contributed by atoms with Gasteiger partial charge in [0.1, 0.15) is 0 Å². The van der Waals surface area contributed by atoms with E-state index in [0.717, 1.165) is 19.2 Å². The van der Waals surface area contributed by atoms with Crippen LogP contribution in [0.15, 0.2) is 29.2 Å². The summed E-state index contributed by atoms with van der Waals surface area (Å²) in [6.07, 6.45) is -4.54. The quantitative estimate of drug-likeness (QED) is 0.893. The second kappa shape index (κ2) is 5.17. The standard InChI is InChI=1S/C10H11F3N2O3S/c1-15(6-9(14)16)19(17,18)8-4-2-7(3-5-8)10(11,12)13/h2-5H,6H2,1H3,(H2,14,16). The predicted molar refractivity (Wildman–Crippen MR) is 60.5 cm³/mol. The molecular weight excluding hydrogens is 285 g/mol. The van der Waals surface area contributed by atoms with Gasteiger partial charge < -0.3 is 5.73 Å². The van der Waals surface area contributed by atoms with Crippen molar-refractivity contribution in [3.8, 4) is 0 Å². The zero-order valence-electron chi connectivity index (χ0n) is 9.81. The SMILES string of the molecule is CN(CC(N)=O)S(=O)(=O)c1ccc(C(F)(F)F)cc1. The van der Waals surface area contributed by atoms with Crippen LogP contribution in [0.4, 0.5) is 13.2 Å². The largest absolute Gasteiger partial charge is 0.416 e. The minimum atomic E-state index is -4.54. The second-order valence-electron chi connectivity index (χ2n) is 3.75. The maximum atomic E-state index is 12.3. The third-order valence-electron chi connectivity index (χ3n) is 2.27. The lowest BCUT2D eigenvalue weighted by atomic mass is 10.2. The summed E-state index contributed by atoms with van der Waals surface area (Å²) in [6.45, 7) is -0.552. The molecule has 0 radical (unpaired) electrons. The van der Waals surface area contributed by atoms with Gasteiger partial charge in [-0.3, -0.25) is 4.79 Å². The van der Waals surface area contributed by atoms with Crippen molar-refractivity contribution < 1.29 is 26.4 Å². The Labute approximate surface area is 107 Å². The first-order chi connectivity index (χ1) is 8.55. The van der Waals surface area contributed by atoms with Crippen LogP contribution < -0.4 is 5.73 Å². The number of sulfonamides is 1.